The molecular weight excluding hydrogens is 209 g/mol. The zero-order valence-corrected chi connectivity index (χ0v) is 8.64. The number of nitrogens with two attached hydrogens (primary N) is 1. The van der Waals surface area contributed by atoms with Crippen molar-refractivity contribution in [3.63, 3.8) is 0 Å². The van der Waals surface area contributed by atoms with E-state index in [1.54, 1.807) is 24.3 Å². The minimum atomic E-state index is -0.632. The third-order valence-corrected chi connectivity index (χ3v) is 2.18. The van der Waals surface area contributed by atoms with Crippen LogP contribution in [0.2, 0.25) is 0 Å². The van der Waals surface area contributed by atoms with Crippen molar-refractivity contribution in [3.8, 4) is 17.0 Å². The molecule has 0 aliphatic rings. The number of nitrogens with zero attached hydrogens (tertiary/aromatic N) is 2. The van der Waals surface area contributed by atoms with E-state index >= 15 is 0 Å². The summed E-state index contributed by atoms with van der Waals surface area (Å²) in [6.45, 7) is 0. The zero-order chi connectivity index (χ0) is 11.5. The molecule has 2 N–H and O–H groups in total. The predicted molar refractivity (Wildman–Crippen MR) is 58.4 cm³/mol. The van der Waals surface area contributed by atoms with Gasteiger partial charge in [0.15, 0.2) is 11.6 Å². The fraction of sp³-hybridized carbons (Fsp3) is 0.0909. The summed E-state index contributed by atoms with van der Waals surface area (Å²) < 4.78 is 18.8. The summed E-state index contributed by atoms with van der Waals surface area (Å²) in [5, 5.41) is 0. The van der Waals surface area contributed by atoms with Crippen LogP contribution in [0.5, 0.6) is 5.75 Å². The average Bonchev–Trinajstić information content (AvgIpc) is 2.33. The third-order valence-electron chi connectivity index (χ3n) is 2.18. The van der Waals surface area contributed by atoms with Gasteiger partial charge < -0.3 is 10.5 Å². The van der Waals surface area contributed by atoms with Crippen LogP contribution >= 0.6 is 0 Å². The summed E-state index contributed by atoms with van der Waals surface area (Å²) in [4.78, 5) is 7.44. The lowest BCUT2D eigenvalue weighted by Gasteiger charge is -2.08. The second-order valence-electron chi connectivity index (χ2n) is 3.12. The Kier molecular flexibility index (Phi) is 2.68. The zero-order valence-electron chi connectivity index (χ0n) is 8.64. The van der Waals surface area contributed by atoms with Crippen LogP contribution in [0.25, 0.3) is 11.3 Å². The lowest BCUT2D eigenvalue weighted by molar-refractivity contribution is 0.416. The Labute approximate surface area is 91.9 Å². The van der Waals surface area contributed by atoms with Crippen LogP contribution in [0, 0.1) is 5.82 Å². The first-order chi connectivity index (χ1) is 7.74. The molecular formula is C11H10FN3O. The highest BCUT2D eigenvalue weighted by atomic mass is 19.1. The van der Waals surface area contributed by atoms with Gasteiger partial charge in [-0.05, 0) is 12.1 Å². The Hall–Kier alpha value is -2.17. The van der Waals surface area contributed by atoms with Gasteiger partial charge in [0.25, 0.3) is 0 Å². The van der Waals surface area contributed by atoms with E-state index < -0.39 is 5.82 Å². The van der Waals surface area contributed by atoms with Crippen LogP contribution in [0.15, 0.2) is 30.6 Å². The van der Waals surface area contributed by atoms with Gasteiger partial charge in [-0.2, -0.15) is 0 Å². The summed E-state index contributed by atoms with van der Waals surface area (Å²) >= 11 is 0. The highest BCUT2D eigenvalue weighted by molar-refractivity contribution is 5.69. The fourth-order valence-corrected chi connectivity index (χ4v) is 1.41. The number of nitrogen functional groups attached to an aromatic ring is 1. The Morgan fingerprint density at radius 3 is 2.75 bits per heavy atom. The summed E-state index contributed by atoms with van der Waals surface area (Å²) in [5.41, 5.74) is 6.08. The molecule has 0 unspecified atom stereocenters. The van der Waals surface area contributed by atoms with E-state index in [1.807, 2.05) is 0 Å². The second-order valence-corrected chi connectivity index (χ2v) is 3.12. The third kappa shape index (κ3) is 1.67. The van der Waals surface area contributed by atoms with Crippen LogP contribution in [-0.4, -0.2) is 17.1 Å². The van der Waals surface area contributed by atoms with Crippen molar-refractivity contribution in [2.75, 3.05) is 12.8 Å². The van der Waals surface area contributed by atoms with Crippen LogP contribution in [-0.2, 0) is 0 Å². The SMILES string of the molecule is COc1ccccc1-c1ncnc(N)c1F. The maximum atomic E-state index is 13.7. The van der Waals surface area contributed by atoms with Gasteiger partial charge in [-0.1, -0.05) is 12.1 Å². The summed E-state index contributed by atoms with van der Waals surface area (Å²) in [7, 11) is 1.52. The number of halogens is 1. The minimum Gasteiger partial charge on any atom is -0.496 e. The molecule has 0 saturated carbocycles. The van der Waals surface area contributed by atoms with E-state index in [4.69, 9.17) is 10.5 Å². The number of para-hydroxylation sites is 1. The lowest BCUT2D eigenvalue weighted by atomic mass is 10.1. The van der Waals surface area contributed by atoms with Crippen LogP contribution in [0.3, 0.4) is 0 Å². The second kappa shape index (κ2) is 4.14. The van der Waals surface area contributed by atoms with Gasteiger partial charge in [0.05, 0.1) is 7.11 Å². The number of hydrogen-bond donors (Lipinski definition) is 1. The summed E-state index contributed by atoms with van der Waals surface area (Å²) in [6, 6.07) is 7.01. The van der Waals surface area contributed by atoms with E-state index in [-0.39, 0.29) is 11.5 Å². The Balaban J connectivity index is 2.63. The molecule has 0 spiro atoms. The summed E-state index contributed by atoms with van der Waals surface area (Å²) in [6.07, 6.45) is 1.22. The molecule has 0 aliphatic heterocycles. The van der Waals surface area contributed by atoms with E-state index in [1.165, 1.54) is 13.4 Å². The van der Waals surface area contributed by atoms with E-state index in [0.717, 1.165) is 0 Å². The van der Waals surface area contributed by atoms with Gasteiger partial charge in [0, 0.05) is 5.56 Å². The first-order valence-electron chi connectivity index (χ1n) is 4.63. The molecule has 0 saturated heterocycles. The minimum absolute atomic E-state index is 0.143. The molecule has 0 radical (unpaired) electrons. The largest absolute Gasteiger partial charge is 0.496 e. The molecule has 0 amide bonds. The molecule has 0 fully saturated rings. The standard InChI is InChI=1S/C11H10FN3O/c1-16-8-5-3-2-4-7(8)10-9(12)11(13)15-6-14-10/h2-6H,1H3,(H2,13,14,15). The highest BCUT2D eigenvalue weighted by Gasteiger charge is 2.14. The average molecular weight is 219 g/mol. The fourth-order valence-electron chi connectivity index (χ4n) is 1.41. The maximum absolute atomic E-state index is 13.7. The van der Waals surface area contributed by atoms with E-state index in [0.29, 0.717) is 11.3 Å². The number of methoxy groups -OCH3 is 1. The van der Waals surface area contributed by atoms with Crippen molar-refractivity contribution >= 4 is 5.82 Å². The maximum Gasteiger partial charge on any atom is 0.191 e. The van der Waals surface area contributed by atoms with Crippen LogP contribution < -0.4 is 10.5 Å². The first kappa shape index (κ1) is 10.4. The lowest BCUT2D eigenvalue weighted by Crippen LogP contribution is -2.00. The van der Waals surface area contributed by atoms with Gasteiger partial charge in [-0.3, -0.25) is 0 Å². The molecule has 5 heteroatoms. The Morgan fingerprint density at radius 1 is 1.25 bits per heavy atom. The molecule has 1 heterocycles. The number of aromatic nitrogens is 2. The highest BCUT2D eigenvalue weighted by Crippen LogP contribution is 2.30. The molecule has 1 aromatic carbocycles. The van der Waals surface area contributed by atoms with Crippen LogP contribution in [0.1, 0.15) is 0 Å². The van der Waals surface area contributed by atoms with E-state index in [2.05, 4.69) is 9.97 Å². The number of anilines is 1. The van der Waals surface area contributed by atoms with Crippen molar-refractivity contribution < 1.29 is 9.13 Å². The normalized spacial score (nSPS) is 10.1. The van der Waals surface area contributed by atoms with Crippen molar-refractivity contribution in [2.45, 2.75) is 0 Å². The van der Waals surface area contributed by atoms with Crippen molar-refractivity contribution in [2.24, 2.45) is 0 Å². The van der Waals surface area contributed by atoms with Crippen molar-refractivity contribution in [1.29, 1.82) is 0 Å². The Bertz CT molecular complexity index is 516. The first-order valence-corrected chi connectivity index (χ1v) is 4.63. The van der Waals surface area contributed by atoms with Gasteiger partial charge in [0.2, 0.25) is 0 Å². The molecule has 0 atom stereocenters. The van der Waals surface area contributed by atoms with E-state index in [9.17, 15) is 4.39 Å². The quantitative estimate of drug-likeness (QED) is 0.837. The van der Waals surface area contributed by atoms with Gasteiger partial charge in [0.1, 0.15) is 17.8 Å². The molecule has 16 heavy (non-hydrogen) atoms. The topological polar surface area (TPSA) is 61.0 Å². The van der Waals surface area contributed by atoms with Gasteiger partial charge in [-0.15, -0.1) is 0 Å². The smallest absolute Gasteiger partial charge is 0.191 e. The van der Waals surface area contributed by atoms with Crippen molar-refractivity contribution in [3.05, 3.63) is 36.4 Å². The number of hydrogen-bond acceptors (Lipinski definition) is 4. The molecule has 4 nitrogen and oxygen atoms in total. The molecule has 2 rings (SSSR count). The van der Waals surface area contributed by atoms with Crippen LogP contribution in [0.4, 0.5) is 10.2 Å². The van der Waals surface area contributed by atoms with Gasteiger partial charge >= 0.3 is 0 Å². The molecule has 1 aromatic heterocycles. The molecule has 82 valence electrons. The molecule has 0 bridgehead atoms. The van der Waals surface area contributed by atoms with Gasteiger partial charge in [-0.25, -0.2) is 14.4 Å². The number of ether oxygens (including phenoxy) is 1. The number of benzene rings is 1. The Morgan fingerprint density at radius 2 is 2.00 bits per heavy atom. The summed E-state index contributed by atoms with van der Waals surface area (Å²) in [5.74, 6) is -0.262. The number of rotatable bonds is 2. The predicted octanol–water partition coefficient (Wildman–Crippen LogP) is 1.87. The molecule has 2 aromatic rings. The van der Waals surface area contributed by atoms with Crippen molar-refractivity contribution in [1.82, 2.24) is 9.97 Å². The molecule has 0 aliphatic carbocycles. The monoisotopic (exact) mass is 219 g/mol.